The number of rotatable bonds is 2. The summed E-state index contributed by atoms with van der Waals surface area (Å²) >= 11 is 0. The van der Waals surface area contributed by atoms with Crippen molar-refractivity contribution in [3.63, 3.8) is 0 Å². The number of ketones is 1. The van der Waals surface area contributed by atoms with E-state index in [1.807, 2.05) is 13.8 Å². The molecule has 1 aromatic rings. The topological polar surface area (TPSA) is 91.2 Å². The number of aryl methyl sites for hydroxylation is 1. The number of Topliss-reactive ketones (excluding diaryl/α,β-unsaturated/α-hetero) is 1. The number of nitrogens with zero attached hydrogens (tertiary/aromatic N) is 1. The summed E-state index contributed by atoms with van der Waals surface area (Å²) in [5.41, 5.74) is 12.3. The van der Waals surface area contributed by atoms with E-state index in [-0.39, 0.29) is 17.6 Å². The lowest BCUT2D eigenvalue weighted by Crippen LogP contribution is -2.44. The van der Waals surface area contributed by atoms with Gasteiger partial charge in [0.1, 0.15) is 5.82 Å². The van der Waals surface area contributed by atoms with Gasteiger partial charge in [-0.1, -0.05) is 0 Å². The third-order valence-electron chi connectivity index (χ3n) is 3.45. The number of pyridine rings is 1. The predicted molar refractivity (Wildman–Crippen MR) is 64.6 cm³/mol. The van der Waals surface area contributed by atoms with Crippen molar-refractivity contribution < 1.29 is 9.53 Å². The molecule has 4 N–H and O–H groups in total. The number of hydrogen-bond acceptors (Lipinski definition) is 5. The van der Waals surface area contributed by atoms with Gasteiger partial charge >= 0.3 is 0 Å². The molecule has 1 fully saturated rings. The molecule has 0 radical (unpaired) electrons. The first-order valence-electron chi connectivity index (χ1n) is 5.56. The Hall–Kier alpha value is -1.46. The molecule has 17 heavy (non-hydrogen) atoms. The molecule has 2 heterocycles. The second-order valence-corrected chi connectivity index (χ2v) is 4.76. The number of nitrogen functional groups attached to an aromatic ring is 1. The molecule has 0 bridgehead atoms. The standard InChI is InChI=1S/C12H17N3O2/c1-7-3-4-15-11(14)9(7)10(16)12(2)6-17-5-8(12)13/h3-4,8H,5-6,13H2,1-2H3,(H2,14,15). The Balaban J connectivity index is 2.44. The molecule has 1 aromatic heterocycles. The van der Waals surface area contributed by atoms with Crippen molar-refractivity contribution in [2.24, 2.45) is 11.1 Å². The average molecular weight is 235 g/mol. The molecule has 5 nitrogen and oxygen atoms in total. The van der Waals surface area contributed by atoms with Gasteiger partial charge in [-0.15, -0.1) is 0 Å². The molecule has 5 heteroatoms. The summed E-state index contributed by atoms with van der Waals surface area (Å²) in [7, 11) is 0. The van der Waals surface area contributed by atoms with Gasteiger partial charge in [0.15, 0.2) is 5.78 Å². The van der Waals surface area contributed by atoms with Gasteiger partial charge in [0.2, 0.25) is 0 Å². The van der Waals surface area contributed by atoms with Crippen LogP contribution in [0.5, 0.6) is 0 Å². The Morgan fingerprint density at radius 1 is 1.65 bits per heavy atom. The number of aromatic nitrogens is 1. The van der Waals surface area contributed by atoms with Gasteiger partial charge in [-0.25, -0.2) is 4.98 Å². The SMILES string of the molecule is Cc1ccnc(N)c1C(=O)C1(C)COCC1N. The zero-order valence-electron chi connectivity index (χ0n) is 10.1. The molecule has 0 amide bonds. The number of anilines is 1. The third-order valence-corrected chi connectivity index (χ3v) is 3.45. The van der Waals surface area contributed by atoms with E-state index in [0.717, 1.165) is 5.56 Å². The molecule has 1 aliphatic rings. The van der Waals surface area contributed by atoms with Crippen molar-refractivity contribution in [2.75, 3.05) is 18.9 Å². The molecular formula is C12H17N3O2. The van der Waals surface area contributed by atoms with Crippen molar-refractivity contribution in [2.45, 2.75) is 19.9 Å². The summed E-state index contributed by atoms with van der Waals surface area (Å²) < 4.78 is 5.29. The van der Waals surface area contributed by atoms with E-state index in [0.29, 0.717) is 18.8 Å². The van der Waals surface area contributed by atoms with Crippen LogP contribution in [0.25, 0.3) is 0 Å². The minimum Gasteiger partial charge on any atom is -0.383 e. The first kappa shape index (κ1) is 12.0. The Labute approximate surface area is 100 Å². The lowest BCUT2D eigenvalue weighted by molar-refractivity contribution is 0.0768. The van der Waals surface area contributed by atoms with Crippen molar-refractivity contribution in [1.82, 2.24) is 4.98 Å². The monoisotopic (exact) mass is 235 g/mol. The minimum atomic E-state index is -0.706. The zero-order valence-corrected chi connectivity index (χ0v) is 10.1. The van der Waals surface area contributed by atoms with Crippen LogP contribution in [0.3, 0.4) is 0 Å². The van der Waals surface area contributed by atoms with Crippen LogP contribution < -0.4 is 11.5 Å². The fraction of sp³-hybridized carbons (Fsp3) is 0.500. The number of hydrogen-bond donors (Lipinski definition) is 2. The predicted octanol–water partition coefficient (Wildman–Crippen LogP) is 0.519. The van der Waals surface area contributed by atoms with Crippen LogP contribution in [0.2, 0.25) is 0 Å². The van der Waals surface area contributed by atoms with Gasteiger partial charge in [-0.3, -0.25) is 4.79 Å². The summed E-state index contributed by atoms with van der Waals surface area (Å²) in [6.07, 6.45) is 1.59. The van der Waals surface area contributed by atoms with Gasteiger partial charge in [0.25, 0.3) is 0 Å². The van der Waals surface area contributed by atoms with E-state index in [2.05, 4.69) is 4.98 Å². The molecule has 0 saturated carbocycles. The van der Waals surface area contributed by atoms with E-state index in [1.165, 1.54) is 0 Å². The highest BCUT2D eigenvalue weighted by Crippen LogP contribution is 2.33. The maximum atomic E-state index is 12.5. The van der Waals surface area contributed by atoms with Crippen molar-refractivity contribution in [3.05, 3.63) is 23.4 Å². The van der Waals surface area contributed by atoms with Crippen LogP contribution in [0.4, 0.5) is 5.82 Å². The number of nitrogens with two attached hydrogens (primary N) is 2. The highest BCUT2D eigenvalue weighted by atomic mass is 16.5. The van der Waals surface area contributed by atoms with Gasteiger partial charge in [0.05, 0.1) is 24.2 Å². The summed E-state index contributed by atoms with van der Waals surface area (Å²) in [6, 6.07) is 1.47. The Bertz CT molecular complexity index is 441. The average Bonchev–Trinajstić information content (AvgIpc) is 2.60. The Kier molecular flexibility index (Phi) is 2.89. The second-order valence-electron chi connectivity index (χ2n) is 4.76. The van der Waals surface area contributed by atoms with Gasteiger partial charge in [-0.2, -0.15) is 0 Å². The van der Waals surface area contributed by atoms with E-state index >= 15 is 0 Å². The Morgan fingerprint density at radius 2 is 2.35 bits per heavy atom. The second kappa shape index (κ2) is 4.09. The van der Waals surface area contributed by atoms with E-state index in [9.17, 15) is 4.79 Å². The molecule has 0 aromatic carbocycles. The fourth-order valence-corrected chi connectivity index (χ4v) is 2.08. The number of ether oxygens (including phenoxy) is 1. The van der Waals surface area contributed by atoms with Crippen molar-refractivity contribution in [3.8, 4) is 0 Å². The maximum absolute atomic E-state index is 12.5. The molecule has 2 unspecified atom stereocenters. The molecule has 1 saturated heterocycles. The van der Waals surface area contributed by atoms with Crippen LogP contribution in [-0.2, 0) is 4.74 Å². The number of carbonyl (C=O) groups excluding carboxylic acids is 1. The summed E-state index contributed by atoms with van der Waals surface area (Å²) in [5.74, 6) is 0.181. The van der Waals surface area contributed by atoms with Crippen molar-refractivity contribution >= 4 is 11.6 Å². The third kappa shape index (κ3) is 1.81. The van der Waals surface area contributed by atoms with Crippen LogP contribution in [-0.4, -0.2) is 30.0 Å². The summed E-state index contributed by atoms with van der Waals surface area (Å²) in [5, 5.41) is 0. The van der Waals surface area contributed by atoms with E-state index in [4.69, 9.17) is 16.2 Å². The molecular weight excluding hydrogens is 218 g/mol. The van der Waals surface area contributed by atoms with Crippen LogP contribution >= 0.6 is 0 Å². The quantitative estimate of drug-likeness (QED) is 0.729. The fourth-order valence-electron chi connectivity index (χ4n) is 2.08. The summed E-state index contributed by atoms with van der Waals surface area (Å²) in [4.78, 5) is 16.5. The Morgan fingerprint density at radius 3 is 2.88 bits per heavy atom. The first-order chi connectivity index (χ1) is 7.97. The largest absolute Gasteiger partial charge is 0.383 e. The molecule has 0 aliphatic carbocycles. The van der Waals surface area contributed by atoms with Crippen LogP contribution in [0.15, 0.2) is 12.3 Å². The maximum Gasteiger partial charge on any atom is 0.176 e. The molecule has 2 rings (SSSR count). The van der Waals surface area contributed by atoms with Crippen molar-refractivity contribution in [1.29, 1.82) is 0 Å². The smallest absolute Gasteiger partial charge is 0.176 e. The van der Waals surface area contributed by atoms with E-state index in [1.54, 1.807) is 12.3 Å². The van der Waals surface area contributed by atoms with Crippen LogP contribution in [0.1, 0.15) is 22.8 Å². The van der Waals surface area contributed by atoms with Gasteiger partial charge in [-0.05, 0) is 25.5 Å². The molecule has 2 atom stereocenters. The minimum absolute atomic E-state index is 0.0781. The highest BCUT2D eigenvalue weighted by Gasteiger charge is 2.45. The van der Waals surface area contributed by atoms with Gasteiger partial charge in [0, 0.05) is 12.2 Å². The first-order valence-corrected chi connectivity index (χ1v) is 5.56. The molecule has 92 valence electrons. The lowest BCUT2D eigenvalue weighted by atomic mass is 9.78. The lowest BCUT2D eigenvalue weighted by Gasteiger charge is -2.26. The normalized spacial score (nSPS) is 28.3. The van der Waals surface area contributed by atoms with E-state index < -0.39 is 5.41 Å². The van der Waals surface area contributed by atoms with Gasteiger partial charge < -0.3 is 16.2 Å². The highest BCUT2D eigenvalue weighted by molar-refractivity contribution is 6.05. The molecule has 1 aliphatic heterocycles. The van der Waals surface area contributed by atoms with Crippen LogP contribution in [0, 0.1) is 12.3 Å². The molecule has 0 spiro atoms. The number of carbonyl (C=O) groups is 1. The summed E-state index contributed by atoms with van der Waals surface area (Å²) in [6.45, 7) is 4.40. The zero-order chi connectivity index (χ0) is 12.6.